The van der Waals surface area contributed by atoms with Crippen molar-refractivity contribution in [2.45, 2.75) is 46.2 Å². The molecule has 0 fully saturated rings. The summed E-state index contributed by atoms with van der Waals surface area (Å²) in [6, 6.07) is 21.5. The van der Waals surface area contributed by atoms with E-state index in [2.05, 4.69) is 90.3 Å². The second-order valence-electron chi connectivity index (χ2n) is 10.3. The highest BCUT2D eigenvalue weighted by Gasteiger charge is 2.26. The van der Waals surface area contributed by atoms with Crippen LogP contribution in [0.5, 0.6) is 0 Å². The van der Waals surface area contributed by atoms with E-state index in [-0.39, 0.29) is 5.91 Å². The van der Waals surface area contributed by atoms with Crippen molar-refractivity contribution in [3.63, 3.8) is 0 Å². The lowest BCUT2D eigenvalue weighted by Crippen LogP contribution is -2.31. The fraction of sp³-hybridized carbons (Fsp3) is 0.375. The van der Waals surface area contributed by atoms with Gasteiger partial charge in [0.05, 0.1) is 5.69 Å². The maximum Gasteiger partial charge on any atom is 0.222 e. The molecule has 1 amide bonds. The molecule has 1 aliphatic rings. The Kier molecular flexibility index (Phi) is 9.06. The monoisotopic (exact) mass is 511 g/mol. The largest absolute Gasteiger partial charge is 0.370 e. The third-order valence-corrected chi connectivity index (χ3v) is 7.18. The number of carbonyl (C=O) groups excluding carboxylic acids is 1. The second-order valence-corrected chi connectivity index (χ2v) is 10.3. The van der Waals surface area contributed by atoms with Gasteiger partial charge in [0.2, 0.25) is 5.91 Å². The highest BCUT2D eigenvalue weighted by atomic mass is 16.2. The van der Waals surface area contributed by atoms with Crippen LogP contribution in [0.15, 0.2) is 67.2 Å². The molecule has 0 saturated carbocycles. The molecule has 6 heteroatoms. The van der Waals surface area contributed by atoms with Gasteiger partial charge in [-0.3, -0.25) is 4.79 Å². The van der Waals surface area contributed by atoms with Crippen molar-refractivity contribution in [2.24, 2.45) is 0 Å². The van der Waals surface area contributed by atoms with Crippen LogP contribution in [0.3, 0.4) is 0 Å². The highest BCUT2D eigenvalue weighted by molar-refractivity contribution is 5.87. The van der Waals surface area contributed by atoms with E-state index in [0.29, 0.717) is 6.42 Å². The van der Waals surface area contributed by atoms with Gasteiger partial charge in [0.1, 0.15) is 11.6 Å². The first-order valence-electron chi connectivity index (χ1n) is 13.6. The van der Waals surface area contributed by atoms with Crippen LogP contribution in [0.25, 0.3) is 5.57 Å². The topological polar surface area (TPSA) is 51.7 Å². The summed E-state index contributed by atoms with van der Waals surface area (Å²) in [5.74, 6) is 1.98. The smallest absolute Gasteiger partial charge is 0.222 e. The van der Waals surface area contributed by atoms with Gasteiger partial charge in [-0.2, -0.15) is 0 Å². The summed E-state index contributed by atoms with van der Waals surface area (Å²) in [6.07, 6.45) is 2.31. The molecule has 0 unspecified atom stereocenters. The summed E-state index contributed by atoms with van der Waals surface area (Å²) in [5.41, 5.74) is 7.25. The van der Waals surface area contributed by atoms with E-state index in [9.17, 15) is 4.79 Å². The molecular formula is C32H41N5O. The fourth-order valence-corrected chi connectivity index (χ4v) is 4.93. The molecule has 200 valence electrons. The van der Waals surface area contributed by atoms with Crippen molar-refractivity contribution in [1.82, 2.24) is 9.88 Å². The summed E-state index contributed by atoms with van der Waals surface area (Å²) >= 11 is 0. The standard InChI is InChI=1S/C32H41N5O/c1-6-30(38)35(4)19-10-18-33-29-21-28-31(32(34-29)36(5)22-26-11-8-7-9-12-26)25(3)17-20-37(28)23-27-15-13-24(2)14-16-27/h7-9,11-16,21H,3,6,10,17-20,22-23H2,1-2,4-5H3,(H,33,34). The predicted molar refractivity (Wildman–Crippen MR) is 160 cm³/mol. The lowest BCUT2D eigenvalue weighted by atomic mass is 9.96. The van der Waals surface area contributed by atoms with E-state index in [1.54, 1.807) is 4.90 Å². The van der Waals surface area contributed by atoms with Crippen molar-refractivity contribution in [3.8, 4) is 0 Å². The third-order valence-electron chi connectivity index (χ3n) is 7.18. The average Bonchev–Trinajstić information content (AvgIpc) is 2.93. The third kappa shape index (κ3) is 6.74. The molecule has 3 aromatic rings. The molecule has 0 bridgehead atoms. The molecule has 2 aromatic carbocycles. The average molecular weight is 512 g/mol. The normalized spacial score (nSPS) is 12.7. The molecule has 6 nitrogen and oxygen atoms in total. The van der Waals surface area contributed by atoms with Gasteiger partial charge in [0, 0.05) is 64.9 Å². The Morgan fingerprint density at radius 1 is 1.08 bits per heavy atom. The first kappa shape index (κ1) is 27.2. The Balaban J connectivity index is 1.62. The van der Waals surface area contributed by atoms with E-state index in [4.69, 9.17) is 4.98 Å². The van der Waals surface area contributed by atoms with Gasteiger partial charge in [-0.25, -0.2) is 4.98 Å². The quantitative estimate of drug-likeness (QED) is 0.314. The van der Waals surface area contributed by atoms with E-state index in [0.717, 1.165) is 68.3 Å². The van der Waals surface area contributed by atoms with Crippen LogP contribution >= 0.6 is 0 Å². The summed E-state index contributed by atoms with van der Waals surface area (Å²) < 4.78 is 0. The molecule has 1 aromatic heterocycles. The van der Waals surface area contributed by atoms with Crippen LogP contribution < -0.4 is 15.1 Å². The lowest BCUT2D eigenvalue weighted by Gasteiger charge is -2.35. The first-order valence-corrected chi connectivity index (χ1v) is 13.6. The van der Waals surface area contributed by atoms with Crippen molar-refractivity contribution >= 4 is 28.8 Å². The molecule has 0 saturated heterocycles. The summed E-state index contributed by atoms with van der Waals surface area (Å²) in [4.78, 5) is 23.5. The van der Waals surface area contributed by atoms with Crippen LogP contribution in [0.4, 0.5) is 17.3 Å². The van der Waals surface area contributed by atoms with Crippen LogP contribution in [0, 0.1) is 6.92 Å². The Hall–Kier alpha value is -3.80. The van der Waals surface area contributed by atoms with E-state index in [1.807, 2.05) is 20.0 Å². The van der Waals surface area contributed by atoms with Gasteiger partial charge >= 0.3 is 0 Å². The molecule has 0 radical (unpaired) electrons. The molecule has 0 aliphatic carbocycles. The number of anilines is 3. The van der Waals surface area contributed by atoms with Gasteiger partial charge in [0.15, 0.2) is 0 Å². The minimum Gasteiger partial charge on any atom is -0.370 e. The summed E-state index contributed by atoms with van der Waals surface area (Å²) in [5, 5.41) is 3.54. The van der Waals surface area contributed by atoms with E-state index >= 15 is 0 Å². The number of rotatable bonds is 11. The van der Waals surface area contributed by atoms with Crippen LogP contribution in [-0.4, -0.2) is 49.5 Å². The number of carbonyl (C=O) groups is 1. The summed E-state index contributed by atoms with van der Waals surface area (Å²) in [6.45, 7) is 12.5. The number of hydrogen-bond acceptors (Lipinski definition) is 5. The van der Waals surface area contributed by atoms with E-state index < -0.39 is 0 Å². The van der Waals surface area contributed by atoms with Gasteiger partial charge in [-0.05, 0) is 36.5 Å². The lowest BCUT2D eigenvalue weighted by molar-refractivity contribution is -0.129. The SMILES string of the molecule is C=C1CCN(Cc2ccc(C)cc2)c2cc(NCCCN(C)C(=O)CC)nc(N(C)Cc3ccccc3)c21. The van der Waals surface area contributed by atoms with Gasteiger partial charge in [-0.1, -0.05) is 73.7 Å². The Morgan fingerprint density at radius 3 is 2.53 bits per heavy atom. The molecule has 2 heterocycles. The maximum absolute atomic E-state index is 11.9. The Morgan fingerprint density at radius 2 is 1.82 bits per heavy atom. The number of benzene rings is 2. The zero-order chi connectivity index (χ0) is 27.1. The van der Waals surface area contributed by atoms with Crippen molar-refractivity contribution in [2.75, 3.05) is 48.8 Å². The number of aryl methyl sites for hydroxylation is 1. The van der Waals surface area contributed by atoms with Crippen molar-refractivity contribution in [3.05, 3.63) is 89.5 Å². The maximum atomic E-state index is 11.9. The molecule has 0 spiro atoms. The minimum absolute atomic E-state index is 0.173. The number of amides is 1. The predicted octanol–water partition coefficient (Wildman–Crippen LogP) is 6.12. The van der Waals surface area contributed by atoms with Gasteiger partial charge < -0.3 is 20.0 Å². The number of hydrogen-bond donors (Lipinski definition) is 1. The number of fused-ring (bicyclic) bond motifs is 1. The van der Waals surface area contributed by atoms with E-state index in [1.165, 1.54) is 22.4 Å². The van der Waals surface area contributed by atoms with Crippen molar-refractivity contribution in [1.29, 1.82) is 0 Å². The highest BCUT2D eigenvalue weighted by Crippen LogP contribution is 2.41. The van der Waals surface area contributed by atoms with Gasteiger partial charge in [-0.15, -0.1) is 0 Å². The Bertz CT molecular complexity index is 1240. The molecule has 1 aliphatic heterocycles. The molecule has 4 rings (SSSR count). The van der Waals surface area contributed by atoms with Crippen LogP contribution in [0.1, 0.15) is 48.4 Å². The first-order chi connectivity index (χ1) is 18.4. The molecule has 0 atom stereocenters. The molecular weight excluding hydrogens is 470 g/mol. The zero-order valence-electron chi connectivity index (χ0n) is 23.3. The zero-order valence-corrected chi connectivity index (χ0v) is 23.3. The second kappa shape index (κ2) is 12.6. The number of nitrogens with zero attached hydrogens (tertiary/aromatic N) is 4. The Labute approximate surface area is 228 Å². The fourth-order valence-electron chi connectivity index (χ4n) is 4.93. The molecule has 1 N–H and O–H groups in total. The minimum atomic E-state index is 0.173. The number of pyridine rings is 1. The van der Waals surface area contributed by atoms with Gasteiger partial charge in [0.25, 0.3) is 0 Å². The van der Waals surface area contributed by atoms with Crippen LogP contribution in [0.2, 0.25) is 0 Å². The number of nitrogens with one attached hydrogen (secondary N) is 1. The van der Waals surface area contributed by atoms with Crippen molar-refractivity contribution < 1.29 is 4.79 Å². The molecule has 38 heavy (non-hydrogen) atoms. The van der Waals surface area contributed by atoms with Crippen LogP contribution in [-0.2, 0) is 17.9 Å². The summed E-state index contributed by atoms with van der Waals surface area (Å²) in [7, 11) is 3.98. The number of aromatic nitrogens is 1.